The lowest BCUT2D eigenvalue weighted by Crippen LogP contribution is -2.19. The first-order valence-electron chi connectivity index (χ1n) is 6.78. The highest BCUT2D eigenvalue weighted by Crippen LogP contribution is 2.17. The first kappa shape index (κ1) is 14.5. The van der Waals surface area contributed by atoms with Gasteiger partial charge >= 0.3 is 0 Å². The fourth-order valence-corrected chi connectivity index (χ4v) is 2.24. The molecule has 112 valence electrons. The van der Waals surface area contributed by atoms with Gasteiger partial charge in [-0.25, -0.2) is 4.98 Å². The van der Waals surface area contributed by atoms with Gasteiger partial charge in [-0.1, -0.05) is 35.0 Å². The average Bonchev–Trinajstić information content (AvgIpc) is 2.96. The van der Waals surface area contributed by atoms with E-state index in [9.17, 15) is 4.79 Å². The van der Waals surface area contributed by atoms with Gasteiger partial charge in [-0.15, -0.1) is 0 Å². The molecule has 0 N–H and O–H groups in total. The third-order valence-electron chi connectivity index (χ3n) is 3.18. The quantitative estimate of drug-likeness (QED) is 0.720. The monoisotopic (exact) mass is 316 g/mol. The summed E-state index contributed by atoms with van der Waals surface area (Å²) in [5.41, 5.74) is 0.839. The lowest BCUT2D eigenvalue weighted by molar-refractivity contribution is 0.366. The van der Waals surface area contributed by atoms with E-state index >= 15 is 0 Å². The SMILES string of the molecule is O=c1ccncn1CCc1nc(Cc2ccccc2Cl)no1. The van der Waals surface area contributed by atoms with Gasteiger partial charge in [0.15, 0.2) is 5.82 Å². The summed E-state index contributed by atoms with van der Waals surface area (Å²) in [6.45, 7) is 0.445. The number of hydrogen-bond donors (Lipinski definition) is 0. The molecular formula is C15H13ClN4O2. The lowest BCUT2D eigenvalue weighted by Gasteiger charge is -2.00. The predicted molar refractivity (Wildman–Crippen MR) is 80.8 cm³/mol. The van der Waals surface area contributed by atoms with Crippen LogP contribution in [0.3, 0.4) is 0 Å². The van der Waals surface area contributed by atoms with Crippen molar-refractivity contribution in [2.24, 2.45) is 0 Å². The largest absolute Gasteiger partial charge is 0.339 e. The van der Waals surface area contributed by atoms with Crippen LogP contribution in [-0.4, -0.2) is 19.7 Å². The molecule has 6 nitrogen and oxygen atoms in total. The van der Waals surface area contributed by atoms with Crippen LogP contribution >= 0.6 is 11.6 Å². The van der Waals surface area contributed by atoms with Crippen LogP contribution in [0.1, 0.15) is 17.3 Å². The molecule has 0 radical (unpaired) electrons. The molecule has 0 spiro atoms. The van der Waals surface area contributed by atoms with Gasteiger partial charge in [0.2, 0.25) is 5.89 Å². The molecule has 0 aliphatic carbocycles. The van der Waals surface area contributed by atoms with Crippen LogP contribution in [0.25, 0.3) is 0 Å². The minimum Gasteiger partial charge on any atom is -0.339 e. The zero-order valence-electron chi connectivity index (χ0n) is 11.6. The minimum absolute atomic E-state index is 0.106. The van der Waals surface area contributed by atoms with E-state index in [0.717, 1.165) is 5.56 Å². The maximum atomic E-state index is 11.6. The third kappa shape index (κ3) is 3.40. The molecule has 0 bridgehead atoms. The van der Waals surface area contributed by atoms with E-state index in [2.05, 4.69) is 15.1 Å². The number of rotatable bonds is 5. The first-order chi connectivity index (χ1) is 10.7. The molecule has 0 aliphatic heterocycles. The fourth-order valence-electron chi connectivity index (χ4n) is 2.04. The summed E-state index contributed by atoms with van der Waals surface area (Å²) in [6, 6.07) is 8.95. The van der Waals surface area contributed by atoms with Crippen LogP contribution in [-0.2, 0) is 19.4 Å². The van der Waals surface area contributed by atoms with Gasteiger partial charge in [0.05, 0.1) is 6.33 Å². The van der Waals surface area contributed by atoms with Gasteiger partial charge in [0.25, 0.3) is 5.56 Å². The normalized spacial score (nSPS) is 10.8. The Morgan fingerprint density at radius 2 is 2.09 bits per heavy atom. The first-order valence-corrected chi connectivity index (χ1v) is 7.15. The van der Waals surface area contributed by atoms with Gasteiger partial charge in [-0.05, 0) is 11.6 Å². The number of halogens is 1. The van der Waals surface area contributed by atoms with Gasteiger partial charge in [-0.3, -0.25) is 9.36 Å². The van der Waals surface area contributed by atoms with E-state index in [0.29, 0.717) is 36.1 Å². The Morgan fingerprint density at radius 3 is 2.91 bits per heavy atom. The van der Waals surface area contributed by atoms with Crippen molar-refractivity contribution in [2.45, 2.75) is 19.4 Å². The maximum Gasteiger partial charge on any atom is 0.253 e. The van der Waals surface area contributed by atoms with E-state index in [1.165, 1.54) is 23.2 Å². The molecular weight excluding hydrogens is 304 g/mol. The molecule has 0 saturated heterocycles. The van der Waals surface area contributed by atoms with Crippen molar-refractivity contribution >= 4 is 11.6 Å². The fraction of sp³-hybridized carbons (Fsp3) is 0.200. The molecule has 0 aliphatic rings. The standard InChI is InChI=1S/C15H13ClN4O2/c16-12-4-2-1-3-11(12)9-13-18-14(22-19-13)6-8-20-10-17-7-5-15(20)21/h1-5,7,10H,6,8-9H2. The minimum atomic E-state index is -0.106. The second kappa shape index (κ2) is 6.53. The highest BCUT2D eigenvalue weighted by atomic mass is 35.5. The van der Waals surface area contributed by atoms with Gasteiger partial charge in [0, 0.05) is 36.7 Å². The summed E-state index contributed by atoms with van der Waals surface area (Å²) in [7, 11) is 0. The lowest BCUT2D eigenvalue weighted by atomic mass is 10.1. The van der Waals surface area contributed by atoms with Crippen molar-refractivity contribution in [3.05, 3.63) is 75.5 Å². The Bertz CT molecular complexity index is 828. The zero-order chi connectivity index (χ0) is 15.4. The maximum absolute atomic E-state index is 11.6. The molecule has 0 unspecified atom stereocenters. The molecule has 2 heterocycles. The third-order valence-corrected chi connectivity index (χ3v) is 3.54. The Labute approximate surface area is 131 Å². The van der Waals surface area contributed by atoms with E-state index in [-0.39, 0.29) is 5.56 Å². The van der Waals surface area contributed by atoms with Crippen LogP contribution in [0.5, 0.6) is 0 Å². The summed E-state index contributed by atoms with van der Waals surface area (Å²) in [4.78, 5) is 19.8. The topological polar surface area (TPSA) is 73.8 Å². The summed E-state index contributed by atoms with van der Waals surface area (Å²) in [5.74, 6) is 1.06. The number of aryl methyl sites for hydroxylation is 2. The second-order valence-electron chi connectivity index (χ2n) is 4.73. The Kier molecular flexibility index (Phi) is 4.29. The number of hydrogen-bond acceptors (Lipinski definition) is 5. The number of benzene rings is 1. The molecule has 0 amide bonds. The van der Waals surface area contributed by atoms with Crippen LogP contribution in [0.15, 0.2) is 52.2 Å². The molecule has 0 fully saturated rings. The van der Waals surface area contributed by atoms with Gasteiger partial charge in [0.1, 0.15) is 0 Å². The van der Waals surface area contributed by atoms with Gasteiger partial charge in [-0.2, -0.15) is 4.98 Å². The molecule has 0 atom stereocenters. The smallest absolute Gasteiger partial charge is 0.253 e. The average molecular weight is 317 g/mol. The van der Waals surface area contributed by atoms with Crippen molar-refractivity contribution in [2.75, 3.05) is 0 Å². The van der Waals surface area contributed by atoms with Crippen LogP contribution in [0, 0.1) is 0 Å². The summed E-state index contributed by atoms with van der Waals surface area (Å²) in [5, 5.41) is 4.62. The molecule has 3 rings (SSSR count). The number of nitrogens with zero attached hydrogens (tertiary/aromatic N) is 4. The highest BCUT2D eigenvalue weighted by molar-refractivity contribution is 6.31. The molecule has 1 aromatic carbocycles. The van der Waals surface area contributed by atoms with E-state index in [1.807, 2.05) is 24.3 Å². The van der Waals surface area contributed by atoms with Crippen LogP contribution < -0.4 is 5.56 Å². The second-order valence-corrected chi connectivity index (χ2v) is 5.14. The summed E-state index contributed by atoms with van der Waals surface area (Å²) in [6.07, 6.45) is 3.94. The van der Waals surface area contributed by atoms with Crippen LogP contribution in [0.4, 0.5) is 0 Å². The molecule has 7 heteroatoms. The van der Waals surface area contributed by atoms with Crippen molar-refractivity contribution in [1.29, 1.82) is 0 Å². The van der Waals surface area contributed by atoms with E-state index in [1.54, 1.807) is 0 Å². The summed E-state index contributed by atoms with van der Waals surface area (Å²) >= 11 is 6.11. The molecule has 22 heavy (non-hydrogen) atoms. The zero-order valence-corrected chi connectivity index (χ0v) is 12.4. The van der Waals surface area contributed by atoms with Crippen molar-refractivity contribution in [1.82, 2.24) is 19.7 Å². The Hall–Kier alpha value is -2.47. The molecule has 0 saturated carbocycles. The molecule has 2 aromatic heterocycles. The Balaban J connectivity index is 1.66. The van der Waals surface area contributed by atoms with Crippen molar-refractivity contribution < 1.29 is 4.52 Å². The van der Waals surface area contributed by atoms with Crippen molar-refractivity contribution in [3.8, 4) is 0 Å². The predicted octanol–water partition coefficient (Wildman–Crippen LogP) is 2.11. The molecule has 3 aromatic rings. The summed E-state index contributed by atoms with van der Waals surface area (Å²) < 4.78 is 6.70. The number of aromatic nitrogens is 4. The van der Waals surface area contributed by atoms with Crippen molar-refractivity contribution in [3.63, 3.8) is 0 Å². The highest BCUT2D eigenvalue weighted by Gasteiger charge is 2.09. The van der Waals surface area contributed by atoms with E-state index in [4.69, 9.17) is 16.1 Å². The van der Waals surface area contributed by atoms with E-state index < -0.39 is 0 Å². The van der Waals surface area contributed by atoms with Crippen LogP contribution in [0.2, 0.25) is 5.02 Å². The van der Waals surface area contributed by atoms with Gasteiger partial charge < -0.3 is 4.52 Å². The Morgan fingerprint density at radius 1 is 1.23 bits per heavy atom.